The van der Waals surface area contributed by atoms with Crippen LogP contribution in [0, 0.1) is 12.8 Å². The Kier molecular flexibility index (Phi) is 4.47. The van der Waals surface area contributed by atoms with Crippen LogP contribution in [0.3, 0.4) is 0 Å². The lowest BCUT2D eigenvalue weighted by atomic mass is 9.94. The van der Waals surface area contributed by atoms with Gasteiger partial charge in [-0.25, -0.2) is 9.97 Å². The Morgan fingerprint density at radius 3 is 2.89 bits per heavy atom. The van der Waals surface area contributed by atoms with Gasteiger partial charge in [-0.3, -0.25) is 9.78 Å². The maximum atomic E-state index is 13.1. The number of carbonyl (C=O) groups is 1. The fourth-order valence-electron chi connectivity index (χ4n) is 4.35. The molecule has 5 heterocycles. The summed E-state index contributed by atoms with van der Waals surface area (Å²) in [6.07, 6.45) is 6.33. The van der Waals surface area contributed by atoms with Crippen LogP contribution < -0.4 is 4.90 Å². The molecule has 0 spiro atoms. The van der Waals surface area contributed by atoms with Crippen molar-refractivity contribution in [1.29, 1.82) is 0 Å². The van der Waals surface area contributed by atoms with Gasteiger partial charge >= 0.3 is 0 Å². The maximum absolute atomic E-state index is 13.1. The number of fused-ring (bicyclic) bond motifs is 2. The average molecular weight is 394 g/mol. The Morgan fingerprint density at radius 1 is 1.18 bits per heavy atom. The zero-order valence-corrected chi connectivity index (χ0v) is 16.8. The summed E-state index contributed by atoms with van der Waals surface area (Å²) in [7, 11) is 0. The molecule has 3 aromatic rings. The predicted octanol–water partition coefficient (Wildman–Crippen LogP) is 3.20. The predicted molar refractivity (Wildman–Crippen MR) is 110 cm³/mol. The molecule has 0 unspecified atom stereocenters. The molecule has 0 saturated carbocycles. The number of rotatable bonds is 2. The van der Waals surface area contributed by atoms with E-state index in [2.05, 4.69) is 31.2 Å². The summed E-state index contributed by atoms with van der Waals surface area (Å²) >= 11 is 1.81. The highest BCUT2D eigenvalue weighted by Gasteiger charge is 2.31. The van der Waals surface area contributed by atoms with Crippen molar-refractivity contribution >= 4 is 34.0 Å². The summed E-state index contributed by atoms with van der Waals surface area (Å²) in [5.74, 6) is 2.17. The van der Waals surface area contributed by atoms with E-state index < -0.39 is 0 Å². The molecule has 1 amide bonds. The highest BCUT2D eigenvalue weighted by atomic mass is 32.1. The molecule has 0 aliphatic carbocycles. The SMILES string of the molecule is Cc1nc(N2CCC(C(=O)N3CCc4sccc4C3)CC2)c2ccncc2n1. The number of amides is 1. The summed E-state index contributed by atoms with van der Waals surface area (Å²) in [4.78, 5) is 32.2. The molecule has 0 radical (unpaired) electrons. The molecule has 28 heavy (non-hydrogen) atoms. The lowest BCUT2D eigenvalue weighted by molar-refractivity contribution is -0.137. The molecule has 5 rings (SSSR count). The molecule has 2 aliphatic rings. The van der Waals surface area contributed by atoms with E-state index in [4.69, 9.17) is 4.98 Å². The Hall–Kier alpha value is -2.54. The number of nitrogens with zero attached hydrogens (tertiary/aromatic N) is 5. The van der Waals surface area contributed by atoms with Crippen LogP contribution in [0.4, 0.5) is 5.82 Å². The smallest absolute Gasteiger partial charge is 0.226 e. The normalized spacial score (nSPS) is 17.8. The largest absolute Gasteiger partial charge is 0.356 e. The number of hydrogen-bond donors (Lipinski definition) is 0. The lowest BCUT2D eigenvalue weighted by Gasteiger charge is -2.36. The molecule has 0 atom stereocenters. The van der Waals surface area contributed by atoms with E-state index in [1.807, 2.05) is 24.3 Å². The van der Waals surface area contributed by atoms with Crippen molar-refractivity contribution in [2.75, 3.05) is 24.5 Å². The van der Waals surface area contributed by atoms with E-state index >= 15 is 0 Å². The monoisotopic (exact) mass is 393 g/mol. The second-order valence-electron chi connectivity index (χ2n) is 7.63. The number of aromatic nitrogens is 3. The minimum Gasteiger partial charge on any atom is -0.356 e. The van der Waals surface area contributed by atoms with Gasteiger partial charge in [0.25, 0.3) is 0 Å². The van der Waals surface area contributed by atoms with Gasteiger partial charge in [0.05, 0.1) is 11.7 Å². The molecule has 0 N–H and O–H groups in total. The van der Waals surface area contributed by atoms with Gasteiger partial charge in [0.2, 0.25) is 5.91 Å². The average Bonchev–Trinajstić information content (AvgIpc) is 3.20. The van der Waals surface area contributed by atoms with Crippen molar-refractivity contribution in [2.24, 2.45) is 5.92 Å². The highest BCUT2D eigenvalue weighted by molar-refractivity contribution is 7.10. The van der Waals surface area contributed by atoms with E-state index in [1.165, 1.54) is 10.4 Å². The van der Waals surface area contributed by atoms with Gasteiger partial charge in [-0.05, 0) is 49.3 Å². The number of pyridine rings is 1. The van der Waals surface area contributed by atoms with Crippen molar-refractivity contribution in [1.82, 2.24) is 19.9 Å². The van der Waals surface area contributed by atoms with Crippen LogP contribution >= 0.6 is 11.3 Å². The van der Waals surface area contributed by atoms with Crippen molar-refractivity contribution in [3.63, 3.8) is 0 Å². The van der Waals surface area contributed by atoms with Gasteiger partial charge in [0, 0.05) is 48.6 Å². The van der Waals surface area contributed by atoms with E-state index in [-0.39, 0.29) is 5.92 Å². The number of carbonyl (C=O) groups excluding carboxylic acids is 1. The first-order chi connectivity index (χ1) is 13.7. The summed E-state index contributed by atoms with van der Waals surface area (Å²) in [6.45, 7) is 5.25. The molecule has 0 bridgehead atoms. The van der Waals surface area contributed by atoms with Gasteiger partial charge in [-0.15, -0.1) is 11.3 Å². The Morgan fingerprint density at radius 2 is 2.04 bits per heavy atom. The number of aryl methyl sites for hydroxylation is 1. The molecule has 144 valence electrons. The Bertz CT molecular complexity index is 1020. The zero-order valence-electron chi connectivity index (χ0n) is 16.0. The number of piperidine rings is 1. The topological polar surface area (TPSA) is 62.2 Å². The van der Waals surface area contributed by atoms with Crippen LogP contribution in [0.2, 0.25) is 0 Å². The lowest BCUT2D eigenvalue weighted by Crippen LogP contribution is -2.44. The van der Waals surface area contributed by atoms with E-state index in [0.29, 0.717) is 5.91 Å². The minimum absolute atomic E-state index is 0.118. The first-order valence-electron chi connectivity index (χ1n) is 9.86. The van der Waals surface area contributed by atoms with Crippen LogP contribution in [0.5, 0.6) is 0 Å². The fourth-order valence-corrected chi connectivity index (χ4v) is 5.24. The van der Waals surface area contributed by atoms with Crippen molar-refractivity contribution in [3.05, 3.63) is 46.2 Å². The highest BCUT2D eigenvalue weighted by Crippen LogP contribution is 2.30. The summed E-state index contributed by atoms with van der Waals surface area (Å²) in [5, 5.41) is 3.17. The first-order valence-corrected chi connectivity index (χ1v) is 10.7. The molecule has 7 heteroatoms. The molecule has 2 aliphatic heterocycles. The standard InChI is InChI=1S/C21H23N5OS/c1-14-23-18-12-22-7-2-17(18)20(24-14)25-8-3-15(4-9-25)21(27)26-10-5-19-16(13-26)6-11-28-19/h2,6-7,11-12,15H,3-5,8-10,13H2,1H3. The van der Waals surface area contributed by atoms with Gasteiger partial charge < -0.3 is 9.80 Å². The summed E-state index contributed by atoms with van der Waals surface area (Å²) in [5.41, 5.74) is 2.21. The maximum Gasteiger partial charge on any atom is 0.226 e. The summed E-state index contributed by atoms with van der Waals surface area (Å²) in [6, 6.07) is 4.15. The third kappa shape index (κ3) is 3.13. The second-order valence-corrected chi connectivity index (χ2v) is 8.63. The summed E-state index contributed by atoms with van der Waals surface area (Å²) < 4.78 is 0. The minimum atomic E-state index is 0.118. The third-order valence-corrected chi connectivity index (χ3v) is 6.88. The second kappa shape index (κ2) is 7.13. The van der Waals surface area contributed by atoms with Gasteiger partial charge in [0.1, 0.15) is 11.6 Å². The van der Waals surface area contributed by atoms with Gasteiger partial charge in [-0.1, -0.05) is 0 Å². The van der Waals surface area contributed by atoms with E-state index in [0.717, 1.165) is 68.0 Å². The Balaban J connectivity index is 1.29. The quantitative estimate of drug-likeness (QED) is 0.669. The molecule has 1 saturated heterocycles. The molecule has 0 aromatic carbocycles. The third-order valence-electron chi connectivity index (χ3n) is 5.85. The van der Waals surface area contributed by atoms with Crippen LogP contribution in [0.15, 0.2) is 29.9 Å². The zero-order chi connectivity index (χ0) is 19.1. The van der Waals surface area contributed by atoms with Gasteiger partial charge in [-0.2, -0.15) is 0 Å². The molecule has 6 nitrogen and oxygen atoms in total. The van der Waals surface area contributed by atoms with Crippen molar-refractivity contribution in [2.45, 2.75) is 32.7 Å². The van der Waals surface area contributed by atoms with Gasteiger partial charge in [0.15, 0.2) is 0 Å². The van der Waals surface area contributed by atoms with Crippen LogP contribution in [-0.2, 0) is 17.8 Å². The molecular weight excluding hydrogens is 370 g/mol. The van der Waals surface area contributed by atoms with E-state index in [1.54, 1.807) is 12.4 Å². The van der Waals surface area contributed by atoms with E-state index in [9.17, 15) is 4.79 Å². The van der Waals surface area contributed by atoms with Crippen LogP contribution in [-0.4, -0.2) is 45.4 Å². The van der Waals surface area contributed by atoms with Crippen LogP contribution in [0.25, 0.3) is 10.9 Å². The van der Waals surface area contributed by atoms with Crippen LogP contribution in [0.1, 0.15) is 29.1 Å². The van der Waals surface area contributed by atoms with Crippen molar-refractivity contribution in [3.8, 4) is 0 Å². The Labute approximate surface area is 168 Å². The molecule has 1 fully saturated rings. The molecule has 3 aromatic heterocycles. The molecular formula is C21H23N5OS. The van der Waals surface area contributed by atoms with Crippen molar-refractivity contribution < 1.29 is 4.79 Å². The fraction of sp³-hybridized carbons (Fsp3) is 0.429. The first kappa shape index (κ1) is 17.6. The number of hydrogen-bond acceptors (Lipinski definition) is 6. The number of thiophene rings is 1. The number of anilines is 1.